The molecule has 3 N–H and O–H groups in total. The Morgan fingerprint density at radius 2 is 2.19 bits per heavy atom. The molecule has 146 valence electrons. The predicted molar refractivity (Wildman–Crippen MR) is 97.4 cm³/mol. The van der Waals surface area contributed by atoms with E-state index in [4.69, 9.17) is 9.84 Å². The number of aliphatic carboxylic acids is 1. The van der Waals surface area contributed by atoms with Crippen LogP contribution in [0.2, 0.25) is 0 Å². The molecule has 1 unspecified atom stereocenters. The van der Waals surface area contributed by atoms with Gasteiger partial charge in [-0.2, -0.15) is 0 Å². The minimum atomic E-state index is -0.919. The van der Waals surface area contributed by atoms with Crippen LogP contribution in [0, 0.1) is 5.41 Å². The third-order valence-electron chi connectivity index (χ3n) is 5.16. The van der Waals surface area contributed by atoms with E-state index >= 15 is 0 Å². The molecule has 2 saturated heterocycles. The van der Waals surface area contributed by atoms with Gasteiger partial charge in [-0.1, -0.05) is 12.1 Å². The molecule has 8 heteroatoms. The third-order valence-corrected chi connectivity index (χ3v) is 5.16. The number of hydrogen-bond acceptors (Lipinski definition) is 5. The van der Waals surface area contributed by atoms with Gasteiger partial charge in [-0.15, -0.1) is 0 Å². The van der Waals surface area contributed by atoms with Crippen LogP contribution in [0.15, 0.2) is 24.3 Å². The van der Waals surface area contributed by atoms with Crippen LogP contribution in [0.4, 0.5) is 0 Å². The molecule has 1 atom stereocenters. The lowest BCUT2D eigenvalue weighted by Crippen LogP contribution is -2.66. The fraction of sp³-hybridized carbons (Fsp3) is 0.526. The highest BCUT2D eigenvalue weighted by molar-refractivity contribution is 5.91. The molecule has 0 aromatic heterocycles. The van der Waals surface area contributed by atoms with Crippen LogP contribution in [0.5, 0.6) is 5.75 Å². The summed E-state index contributed by atoms with van der Waals surface area (Å²) < 4.78 is 5.25. The summed E-state index contributed by atoms with van der Waals surface area (Å²) in [7, 11) is 1.58. The second-order valence-corrected chi connectivity index (χ2v) is 7.31. The Morgan fingerprint density at radius 1 is 1.41 bits per heavy atom. The lowest BCUT2D eigenvalue weighted by molar-refractivity contribution is -0.151. The first-order valence-electron chi connectivity index (χ1n) is 9.08. The van der Waals surface area contributed by atoms with Gasteiger partial charge >= 0.3 is 5.97 Å². The Hall–Kier alpha value is -2.61. The van der Waals surface area contributed by atoms with E-state index in [2.05, 4.69) is 10.6 Å². The summed E-state index contributed by atoms with van der Waals surface area (Å²) in [6.07, 6.45) is 1.90. The standard InChI is InChI=1S/C19H25N3O5/c1-27-14-5-2-4-13(8-14)9-19(11-22(12-19)10-16(23)24)18(26)21-15-6-3-7-20-17(15)25/h2,4-5,8,15H,3,6-7,9-12H2,1H3,(H,20,25)(H,21,26)(H,23,24). The molecule has 0 spiro atoms. The van der Waals surface area contributed by atoms with Gasteiger partial charge in [0.15, 0.2) is 0 Å². The molecule has 2 amide bonds. The number of amides is 2. The fourth-order valence-corrected chi connectivity index (χ4v) is 3.84. The number of benzene rings is 1. The summed E-state index contributed by atoms with van der Waals surface area (Å²) in [6.45, 7) is 1.22. The zero-order chi connectivity index (χ0) is 19.4. The average Bonchev–Trinajstić information content (AvgIpc) is 2.61. The maximum Gasteiger partial charge on any atom is 0.317 e. The number of methoxy groups -OCH3 is 1. The quantitative estimate of drug-likeness (QED) is 0.620. The first-order chi connectivity index (χ1) is 12.9. The number of carbonyl (C=O) groups is 3. The van der Waals surface area contributed by atoms with Gasteiger partial charge < -0.3 is 20.5 Å². The lowest BCUT2D eigenvalue weighted by atomic mass is 9.73. The number of likely N-dealkylation sites (tertiary alicyclic amines) is 1. The van der Waals surface area contributed by atoms with Gasteiger partial charge in [-0.3, -0.25) is 19.3 Å². The number of nitrogens with one attached hydrogen (secondary N) is 2. The zero-order valence-electron chi connectivity index (χ0n) is 15.4. The SMILES string of the molecule is COc1cccc(CC2(C(=O)NC3CCCNC3=O)CN(CC(=O)O)C2)c1. The topological polar surface area (TPSA) is 108 Å². The number of carboxylic acids is 1. The molecule has 1 aromatic carbocycles. The fourth-order valence-electron chi connectivity index (χ4n) is 3.84. The molecule has 2 heterocycles. The molecule has 8 nitrogen and oxygen atoms in total. The first-order valence-corrected chi connectivity index (χ1v) is 9.08. The Kier molecular flexibility index (Phi) is 5.65. The van der Waals surface area contributed by atoms with Gasteiger partial charge in [0.1, 0.15) is 11.8 Å². The van der Waals surface area contributed by atoms with Crippen molar-refractivity contribution in [3.63, 3.8) is 0 Å². The summed E-state index contributed by atoms with van der Waals surface area (Å²) in [5.41, 5.74) is 0.187. The van der Waals surface area contributed by atoms with Gasteiger partial charge in [0, 0.05) is 19.6 Å². The maximum atomic E-state index is 13.1. The number of carboxylic acid groups (broad SMARTS) is 1. The van der Waals surface area contributed by atoms with Gasteiger partial charge in [0.05, 0.1) is 19.1 Å². The summed E-state index contributed by atoms with van der Waals surface area (Å²) in [5, 5.41) is 14.6. The monoisotopic (exact) mass is 375 g/mol. The minimum absolute atomic E-state index is 0.100. The van der Waals surface area contributed by atoms with Crippen LogP contribution in [0.3, 0.4) is 0 Å². The average molecular weight is 375 g/mol. The van der Waals surface area contributed by atoms with E-state index in [0.29, 0.717) is 38.2 Å². The van der Waals surface area contributed by atoms with Crippen molar-refractivity contribution in [1.82, 2.24) is 15.5 Å². The van der Waals surface area contributed by atoms with Crippen molar-refractivity contribution in [2.75, 3.05) is 33.3 Å². The molecule has 0 saturated carbocycles. The number of carbonyl (C=O) groups excluding carboxylic acids is 2. The molecule has 2 aliphatic heterocycles. The third kappa shape index (κ3) is 4.39. The Morgan fingerprint density at radius 3 is 2.85 bits per heavy atom. The van der Waals surface area contributed by atoms with Gasteiger partial charge in [-0.05, 0) is 37.0 Å². The van der Waals surface area contributed by atoms with Crippen LogP contribution in [0.1, 0.15) is 18.4 Å². The minimum Gasteiger partial charge on any atom is -0.497 e. The van der Waals surface area contributed by atoms with E-state index in [9.17, 15) is 14.4 Å². The highest BCUT2D eigenvalue weighted by Gasteiger charge is 2.50. The number of hydrogen-bond donors (Lipinski definition) is 3. The summed E-state index contributed by atoms with van der Waals surface area (Å²) in [5.74, 6) is -0.574. The molecule has 0 aliphatic carbocycles. The lowest BCUT2D eigenvalue weighted by Gasteiger charge is -2.49. The van der Waals surface area contributed by atoms with Crippen LogP contribution in [-0.4, -0.2) is 67.1 Å². The van der Waals surface area contributed by atoms with E-state index in [0.717, 1.165) is 12.0 Å². The van der Waals surface area contributed by atoms with E-state index in [1.54, 1.807) is 12.0 Å². The van der Waals surface area contributed by atoms with E-state index in [1.165, 1.54) is 0 Å². The summed E-state index contributed by atoms with van der Waals surface area (Å²) >= 11 is 0. The van der Waals surface area contributed by atoms with E-state index < -0.39 is 17.4 Å². The highest BCUT2D eigenvalue weighted by Crippen LogP contribution is 2.35. The van der Waals surface area contributed by atoms with Crippen LogP contribution in [0.25, 0.3) is 0 Å². The van der Waals surface area contributed by atoms with Gasteiger partial charge in [0.25, 0.3) is 0 Å². The number of rotatable bonds is 7. The normalized spacial score (nSPS) is 21.7. The molecule has 2 aliphatic rings. The van der Waals surface area contributed by atoms with Crippen LogP contribution in [-0.2, 0) is 20.8 Å². The second kappa shape index (κ2) is 7.96. The van der Waals surface area contributed by atoms with Crippen molar-refractivity contribution in [2.24, 2.45) is 5.41 Å². The molecular formula is C19H25N3O5. The van der Waals surface area contributed by atoms with Crippen molar-refractivity contribution in [3.8, 4) is 5.75 Å². The Balaban J connectivity index is 1.74. The molecule has 0 bridgehead atoms. The van der Waals surface area contributed by atoms with Crippen molar-refractivity contribution in [2.45, 2.75) is 25.3 Å². The molecule has 27 heavy (non-hydrogen) atoms. The highest BCUT2D eigenvalue weighted by atomic mass is 16.5. The van der Waals surface area contributed by atoms with Crippen molar-refractivity contribution < 1.29 is 24.2 Å². The Labute approximate surface area is 157 Å². The predicted octanol–water partition coefficient (Wildman–Crippen LogP) is 0.0191. The van der Waals surface area contributed by atoms with Gasteiger partial charge in [-0.25, -0.2) is 0 Å². The molecule has 1 aromatic rings. The number of piperidine rings is 1. The maximum absolute atomic E-state index is 13.1. The van der Waals surface area contributed by atoms with E-state index in [1.807, 2.05) is 24.3 Å². The van der Waals surface area contributed by atoms with Gasteiger partial charge in [0.2, 0.25) is 11.8 Å². The van der Waals surface area contributed by atoms with Crippen LogP contribution >= 0.6 is 0 Å². The smallest absolute Gasteiger partial charge is 0.317 e. The summed E-state index contributed by atoms with van der Waals surface area (Å²) in [6, 6.07) is 6.97. The van der Waals surface area contributed by atoms with Crippen molar-refractivity contribution in [1.29, 1.82) is 0 Å². The summed E-state index contributed by atoms with van der Waals surface area (Å²) in [4.78, 5) is 37.7. The largest absolute Gasteiger partial charge is 0.497 e. The molecule has 3 rings (SSSR count). The number of nitrogens with zero attached hydrogens (tertiary/aromatic N) is 1. The molecular weight excluding hydrogens is 350 g/mol. The van der Waals surface area contributed by atoms with Crippen molar-refractivity contribution in [3.05, 3.63) is 29.8 Å². The van der Waals surface area contributed by atoms with E-state index in [-0.39, 0.29) is 18.4 Å². The molecule has 0 radical (unpaired) electrons. The zero-order valence-corrected chi connectivity index (χ0v) is 15.4. The Bertz CT molecular complexity index is 730. The molecule has 2 fully saturated rings. The first kappa shape index (κ1) is 19.2. The number of ether oxygens (including phenoxy) is 1. The second-order valence-electron chi connectivity index (χ2n) is 7.31. The van der Waals surface area contributed by atoms with Crippen molar-refractivity contribution >= 4 is 17.8 Å². The van der Waals surface area contributed by atoms with Crippen LogP contribution < -0.4 is 15.4 Å².